The van der Waals surface area contributed by atoms with Gasteiger partial charge in [-0.3, -0.25) is 5.10 Å². The molecule has 14 heavy (non-hydrogen) atoms. The summed E-state index contributed by atoms with van der Waals surface area (Å²) in [6.45, 7) is 0. The maximum Gasteiger partial charge on any atom is 0.157 e. The number of H-pyrrole nitrogens is 1. The summed E-state index contributed by atoms with van der Waals surface area (Å²) in [6, 6.07) is 5.42. The number of hydrogen-bond acceptors (Lipinski definition) is 4. The van der Waals surface area contributed by atoms with Gasteiger partial charge in [-0.1, -0.05) is 0 Å². The maximum atomic E-state index is 5.82. The van der Waals surface area contributed by atoms with Gasteiger partial charge in [0, 0.05) is 17.3 Å². The number of anilines is 1. The fourth-order valence-electron chi connectivity index (χ4n) is 1.22. The van der Waals surface area contributed by atoms with E-state index in [-0.39, 0.29) is 0 Å². The molecule has 0 atom stereocenters. The lowest BCUT2D eigenvalue weighted by Gasteiger charge is -2.04. The lowest BCUT2D eigenvalue weighted by atomic mass is 10.1. The van der Waals surface area contributed by atoms with Crippen molar-refractivity contribution in [2.24, 2.45) is 0 Å². The van der Waals surface area contributed by atoms with Crippen molar-refractivity contribution >= 4 is 5.69 Å². The van der Waals surface area contributed by atoms with Crippen LogP contribution in [-0.2, 0) is 0 Å². The predicted octanol–water partition coefficient (Wildman–Crippen LogP) is 1.06. The fraction of sp³-hybridized carbons (Fsp3) is 0.111. The molecule has 5 heteroatoms. The molecule has 1 aromatic heterocycles. The number of rotatable bonds is 2. The summed E-state index contributed by atoms with van der Waals surface area (Å²) in [4.78, 5) is 4.02. The highest BCUT2D eigenvalue weighted by Gasteiger charge is 2.05. The van der Waals surface area contributed by atoms with Crippen molar-refractivity contribution in [3.8, 4) is 17.1 Å². The Labute approximate surface area is 80.9 Å². The van der Waals surface area contributed by atoms with Gasteiger partial charge in [0.25, 0.3) is 0 Å². The van der Waals surface area contributed by atoms with Gasteiger partial charge in [0.05, 0.1) is 7.11 Å². The highest BCUT2D eigenvalue weighted by atomic mass is 16.5. The lowest BCUT2D eigenvalue weighted by molar-refractivity contribution is 0.415. The van der Waals surface area contributed by atoms with Crippen LogP contribution in [-0.4, -0.2) is 22.3 Å². The van der Waals surface area contributed by atoms with Crippen LogP contribution in [0.2, 0.25) is 0 Å². The van der Waals surface area contributed by atoms with E-state index in [0.29, 0.717) is 11.5 Å². The minimum Gasteiger partial charge on any atom is -0.497 e. The highest BCUT2D eigenvalue weighted by Crippen LogP contribution is 2.26. The van der Waals surface area contributed by atoms with Crippen LogP contribution >= 0.6 is 0 Å². The molecule has 5 nitrogen and oxygen atoms in total. The second-order valence-electron chi connectivity index (χ2n) is 2.79. The first kappa shape index (κ1) is 8.55. The molecule has 0 saturated carbocycles. The molecule has 1 heterocycles. The van der Waals surface area contributed by atoms with E-state index in [1.807, 2.05) is 12.1 Å². The molecule has 2 aromatic rings. The zero-order chi connectivity index (χ0) is 9.97. The van der Waals surface area contributed by atoms with Crippen LogP contribution in [0.4, 0.5) is 5.69 Å². The van der Waals surface area contributed by atoms with E-state index in [2.05, 4.69) is 15.2 Å². The Kier molecular flexibility index (Phi) is 2.06. The molecule has 0 amide bonds. The van der Waals surface area contributed by atoms with Crippen LogP contribution in [0.25, 0.3) is 11.4 Å². The topological polar surface area (TPSA) is 76.8 Å². The van der Waals surface area contributed by atoms with Crippen LogP contribution in [0.15, 0.2) is 24.5 Å². The summed E-state index contributed by atoms with van der Waals surface area (Å²) in [7, 11) is 1.60. The van der Waals surface area contributed by atoms with Gasteiger partial charge < -0.3 is 10.5 Å². The van der Waals surface area contributed by atoms with Crippen LogP contribution in [0, 0.1) is 0 Å². The number of aromatic nitrogens is 3. The summed E-state index contributed by atoms with van der Waals surface area (Å²) in [5, 5.41) is 6.51. The second-order valence-corrected chi connectivity index (χ2v) is 2.79. The average molecular weight is 190 g/mol. The van der Waals surface area contributed by atoms with Gasteiger partial charge in [-0.05, 0) is 12.1 Å². The Balaban J connectivity index is 2.46. The van der Waals surface area contributed by atoms with Crippen molar-refractivity contribution in [3.05, 3.63) is 24.5 Å². The van der Waals surface area contributed by atoms with Crippen molar-refractivity contribution in [2.75, 3.05) is 12.8 Å². The van der Waals surface area contributed by atoms with E-state index < -0.39 is 0 Å². The first-order valence-corrected chi connectivity index (χ1v) is 4.10. The normalized spacial score (nSPS) is 10.1. The molecule has 0 aliphatic carbocycles. The van der Waals surface area contributed by atoms with E-state index in [9.17, 15) is 0 Å². The monoisotopic (exact) mass is 190 g/mol. The zero-order valence-corrected chi connectivity index (χ0v) is 7.69. The van der Waals surface area contributed by atoms with E-state index in [0.717, 1.165) is 11.3 Å². The predicted molar refractivity (Wildman–Crippen MR) is 52.8 cm³/mol. The lowest BCUT2D eigenvalue weighted by Crippen LogP contribution is -1.93. The van der Waals surface area contributed by atoms with Crippen LogP contribution in [0.5, 0.6) is 5.75 Å². The van der Waals surface area contributed by atoms with Crippen molar-refractivity contribution in [1.82, 2.24) is 15.2 Å². The molecule has 0 spiro atoms. The number of nitrogens with one attached hydrogen (secondary N) is 1. The number of nitrogens with zero attached hydrogens (tertiary/aromatic N) is 2. The number of methoxy groups -OCH3 is 1. The standard InChI is InChI=1S/C9H10N4O/c1-14-6-2-3-7(8(10)4-6)9-11-5-12-13-9/h2-5H,10H2,1H3,(H,11,12,13). The third-order valence-corrected chi connectivity index (χ3v) is 1.93. The Hall–Kier alpha value is -2.04. The van der Waals surface area contributed by atoms with Gasteiger partial charge in [0.15, 0.2) is 5.82 Å². The molecule has 0 saturated heterocycles. The molecule has 0 fully saturated rings. The van der Waals surface area contributed by atoms with E-state index in [4.69, 9.17) is 10.5 Å². The van der Waals surface area contributed by atoms with Crippen molar-refractivity contribution in [1.29, 1.82) is 0 Å². The molecule has 0 unspecified atom stereocenters. The summed E-state index contributed by atoms with van der Waals surface area (Å²) < 4.78 is 5.04. The number of hydrogen-bond donors (Lipinski definition) is 2. The molecular weight excluding hydrogens is 180 g/mol. The maximum absolute atomic E-state index is 5.82. The largest absolute Gasteiger partial charge is 0.497 e. The van der Waals surface area contributed by atoms with Gasteiger partial charge in [0.1, 0.15) is 12.1 Å². The van der Waals surface area contributed by atoms with Crippen LogP contribution in [0.3, 0.4) is 0 Å². The molecule has 0 bridgehead atoms. The number of aromatic amines is 1. The van der Waals surface area contributed by atoms with Gasteiger partial charge >= 0.3 is 0 Å². The average Bonchev–Trinajstić information content (AvgIpc) is 2.70. The summed E-state index contributed by atoms with van der Waals surface area (Å²) >= 11 is 0. The molecule has 2 rings (SSSR count). The number of nitrogens with two attached hydrogens (primary N) is 1. The van der Waals surface area contributed by atoms with Gasteiger partial charge in [-0.15, -0.1) is 0 Å². The number of benzene rings is 1. The summed E-state index contributed by atoms with van der Waals surface area (Å²) in [6.07, 6.45) is 1.44. The minimum absolute atomic E-state index is 0.612. The Morgan fingerprint density at radius 3 is 2.86 bits per heavy atom. The van der Waals surface area contributed by atoms with Crippen molar-refractivity contribution in [2.45, 2.75) is 0 Å². The second kappa shape index (κ2) is 3.37. The Bertz CT molecular complexity index is 424. The SMILES string of the molecule is COc1ccc(-c2ncn[nH]2)c(N)c1. The fourth-order valence-corrected chi connectivity index (χ4v) is 1.22. The molecule has 0 radical (unpaired) electrons. The highest BCUT2D eigenvalue weighted by molar-refractivity contribution is 5.72. The molecule has 72 valence electrons. The minimum atomic E-state index is 0.612. The number of ether oxygens (including phenoxy) is 1. The summed E-state index contributed by atoms with van der Waals surface area (Å²) in [5.74, 6) is 1.39. The zero-order valence-electron chi connectivity index (χ0n) is 7.69. The van der Waals surface area contributed by atoms with Gasteiger partial charge in [-0.25, -0.2) is 4.98 Å². The third-order valence-electron chi connectivity index (χ3n) is 1.93. The Morgan fingerprint density at radius 2 is 2.29 bits per heavy atom. The molecule has 3 N–H and O–H groups in total. The molecule has 1 aromatic carbocycles. The van der Waals surface area contributed by atoms with Crippen molar-refractivity contribution < 1.29 is 4.74 Å². The molecule has 0 aliphatic heterocycles. The van der Waals surface area contributed by atoms with E-state index in [1.54, 1.807) is 13.2 Å². The van der Waals surface area contributed by atoms with E-state index in [1.165, 1.54) is 6.33 Å². The van der Waals surface area contributed by atoms with Crippen LogP contribution < -0.4 is 10.5 Å². The molecular formula is C9H10N4O. The quantitative estimate of drug-likeness (QED) is 0.694. The van der Waals surface area contributed by atoms with Crippen LogP contribution in [0.1, 0.15) is 0 Å². The summed E-state index contributed by atoms with van der Waals surface area (Å²) in [5.41, 5.74) is 7.26. The van der Waals surface area contributed by atoms with Crippen molar-refractivity contribution in [3.63, 3.8) is 0 Å². The van der Waals surface area contributed by atoms with E-state index >= 15 is 0 Å². The smallest absolute Gasteiger partial charge is 0.157 e. The van der Waals surface area contributed by atoms with Gasteiger partial charge in [-0.2, -0.15) is 5.10 Å². The first-order valence-electron chi connectivity index (χ1n) is 4.10. The Morgan fingerprint density at radius 1 is 1.43 bits per heavy atom. The molecule has 0 aliphatic rings. The third kappa shape index (κ3) is 1.39. The number of nitrogen functional groups attached to an aromatic ring is 1. The first-order chi connectivity index (χ1) is 6.81. The van der Waals surface area contributed by atoms with Gasteiger partial charge in [0.2, 0.25) is 0 Å².